The summed E-state index contributed by atoms with van der Waals surface area (Å²) in [7, 11) is 0. The Kier molecular flexibility index (Phi) is 5.75. The Hall–Kier alpha value is -2.40. The smallest absolute Gasteiger partial charge is 0.355 e. The number of benzene rings is 1. The third kappa shape index (κ3) is 3.63. The highest BCUT2D eigenvalue weighted by molar-refractivity contribution is 6.34. The highest BCUT2D eigenvalue weighted by Gasteiger charge is 2.20. The first-order valence-corrected chi connectivity index (χ1v) is 9.99. The van der Waals surface area contributed by atoms with Gasteiger partial charge in [0.15, 0.2) is 5.65 Å². The predicted molar refractivity (Wildman–Crippen MR) is 114 cm³/mol. The molecule has 0 saturated heterocycles. The Morgan fingerprint density at radius 1 is 1.04 bits per heavy atom. The van der Waals surface area contributed by atoms with Crippen molar-refractivity contribution in [2.75, 3.05) is 0 Å². The molecule has 0 atom stereocenters. The van der Waals surface area contributed by atoms with Gasteiger partial charge < -0.3 is 4.74 Å². The number of halogens is 1. The molecule has 0 radical (unpaired) electrons. The van der Waals surface area contributed by atoms with E-state index in [-0.39, 0.29) is 11.3 Å². The molecule has 0 N–H and O–H groups in total. The first kappa shape index (κ1) is 20.3. The molecule has 0 spiro atoms. The Morgan fingerprint density at radius 3 is 2.21 bits per heavy atom. The van der Waals surface area contributed by atoms with Gasteiger partial charge >= 0.3 is 5.69 Å². The Bertz CT molecular complexity index is 1080. The van der Waals surface area contributed by atoms with Crippen LogP contribution in [-0.2, 0) is 0 Å². The number of aromatic nitrogens is 3. The highest BCUT2D eigenvalue weighted by Crippen LogP contribution is 2.33. The van der Waals surface area contributed by atoms with Crippen LogP contribution in [0.1, 0.15) is 49.1 Å². The molecule has 28 heavy (non-hydrogen) atoms. The van der Waals surface area contributed by atoms with Gasteiger partial charge in [0.05, 0.1) is 17.2 Å². The van der Waals surface area contributed by atoms with E-state index in [2.05, 4.69) is 23.8 Å². The van der Waals surface area contributed by atoms with Gasteiger partial charge in [-0.3, -0.25) is 0 Å². The molecule has 148 valence electrons. The van der Waals surface area contributed by atoms with Crippen molar-refractivity contribution in [3.8, 4) is 11.4 Å². The van der Waals surface area contributed by atoms with E-state index in [9.17, 15) is 4.79 Å². The van der Waals surface area contributed by atoms with Crippen LogP contribution in [0.3, 0.4) is 0 Å². The number of ether oxygens (including phenoxy) is 1. The van der Waals surface area contributed by atoms with Gasteiger partial charge in [-0.1, -0.05) is 43.1 Å². The van der Waals surface area contributed by atoms with Gasteiger partial charge in [0.25, 0.3) is 0 Å². The predicted octanol–water partition coefficient (Wildman–Crippen LogP) is 5.24. The standard InChI is InChI=1S/C22H26ClN3O2/c1-7-16(8-2)28-17-11-15(6)24-21-18(17)20(23)25-22(27)26(21)19-13(4)9-12(3)10-14(19)5/h9-11,16H,7-8H2,1-6H3. The molecular weight excluding hydrogens is 374 g/mol. The fraction of sp³-hybridized carbons (Fsp3) is 0.409. The summed E-state index contributed by atoms with van der Waals surface area (Å²) in [6, 6.07) is 5.96. The summed E-state index contributed by atoms with van der Waals surface area (Å²) in [5.41, 5.74) is 4.68. The lowest BCUT2D eigenvalue weighted by atomic mass is 10.0. The lowest BCUT2D eigenvalue weighted by molar-refractivity contribution is 0.195. The van der Waals surface area contributed by atoms with E-state index in [1.807, 2.05) is 45.9 Å². The minimum absolute atomic E-state index is 0.0595. The maximum absolute atomic E-state index is 12.9. The summed E-state index contributed by atoms with van der Waals surface area (Å²) >= 11 is 6.41. The molecule has 1 aromatic carbocycles. The van der Waals surface area contributed by atoms with Crippen molar-refractivity contribution in [2.45, 2.75) is 60.5 Å². The van der Waals surface area contributed by atoms with E-state index in [0.717, 1.165) is 40.9 Å². The summed E-state index contributed by atoms with van der Waals surface area (Å²) in [4.78, 5) is 21.6. The van der Waals surface area contributed by atoms with Crippen LogP contribution in [0.15, 0.2) is 23.0 Å². The van der Waals surface area contributed by atoms with E-state index >= 15 is 0 Å². The lowest BCUT2D eigenvalue weighted by Gasteiger charge is -2.20. The normalized spacial score (nSPS) is 11.4. The topological polar surface area (TPSA) is 57.0 Å². The molecule has 6 heteroatoms. The Balaban J connectivity index is 2.41. The lowest BCUT2D eigenvalue weighted by Crippen LogP contribution is -2.25. The zero-order valence-corrected chi connectivity index (χ0v) is 18.0. The number of rotatable bonds is 5. The summed E-state index contributed by atoms with van der Waals surface area (Å²) in [5.74, 6) is 0.616. The van der Waals surface area contributed by atoms with Crippen molar-refractivity contribution in [1.82, 2.24) is 14.5 Å². The maximum Gasteiger partial charge on any atom is 0.355 e. The molecule has 2 aromatic heterocycles. The van der Waals surface area contributed by atoms with Crippen molar-refractivity contribution in [1.29, 1.82) is 0 Å². The minimum atomic E-state index is -0.445. The molecule has 0 aliphatic rings. The largest absolute Gasteiger partial charge is 0.490 e. The minimum Gasteiger partial charge on any atom is -0.490 e. The average molecular weight is 400 g/mol. The van der Waals surface area contributed by atoms with E-state index < -0.39 is 5.69 Å². The van der Waals surface area contributed by atoms with Crippen molar-refractivity contribution in [3.63, 3.8) is 0 Å². The molecule has 3 rings (SSSR count). The quantitative estimate of drug-likeness (QED) is 0.551. The van der Waals surface area contributed by atoms with Crippen LogP contribution in [0.5, 0.6) is 5.75 Å². The molecule has 0 fully saturated rings. The zero-order chi connectivity index (χ0) is 20.6. The second kappa shape index (κ2) is 7.92. The molecule has 0 bridgehead atoms. The summed E-state index contributed by atoms with van der Waals surface area (Å²) in [5, 5.41) is 0.685. The number of nitrogens with zero attached hydrogens (tertiary/aromatic N) is 3. The van der Waals surface area contributed by atoms with E-state index in [4.69, 9.17) is 16.3 Å². The molecule has 0 saturated carbocycles. The van der Waals surface area contributed by atoms with E-state index in [1.165, 1.54) is 0 Å². The third-order valence-electron chi connectivity index (χ3n) is 4.96. The van der Waals surface area contributed by atoms with Crippen molar-refractivity contribution >= 4 is 22.6 Å². The van der Waals surface area contributed by atoms with Gasteiger partial charge in [0, 0.05) is 11.8 Å². The number of aryl methyl sites for hydroxylation is 4. The van der Waals surface area contributed by atoms with Gasteiger partial charge in [-0.2, -0.15) is 4.98 Å². The van der Waals surface area contributed by atoms with Crippen molar-refractivity contribution in [3.05, 3.63) is 56.2 Å². The molecule has 3 aromatic rings. The van der Waals surface area contributed by atoms with Crippen molar-refractivity contribution in [2.24, 2.45) is 0 Å². The van der Waals surface area contributed by atoms with Gasteiger partial charge in [-0.15, -0.1) is 0 Å². The van der Waals surface area contributed by atoms with Gasteiger partial charge in [-0.05, 0) is 51.7 Å². The summed E-state index contributed by atoms with van der Waals surface area (Å²) < 4.78 is 7.77. The second-order valence-corrected chi connectivity index (χ2v) is 7.64. The summed E-state index contributed by atoms with van der Waals surface area (Å²) in [6.07, 6.45) is 1.81. The fourth-order valence-electron chi connectivity index (χ4n) is 3.72. The zero-order valence-electron chi connectivity index (χ0n) is 17.3. The van der Waals surface area contributed by atoms with E-state index in [1.54, 1.807) is 4.57 Å². The Labute approximate surface area is 170 Å². The van der Waals surface area contributed by atoms with Crippen LogP contribution in [0.25, 0.3) is 16.7 Å². The fourth-order valence-corrected chi connectivity index (χ4v) is 3.97. The molecule has 0 unspecified atom stereocenters. The summed E-state index contributed by atoms with van der Waals surface area (Å²) in [6.45, 7) is 12.1. The number of pyridine rings is 1. The van der Waals surface area contributed by atoms with Gasteiger partial charge in [0.2, 0.25) is 0 Å². The van der Waals surface area contributed by atoms with Crippen LogP contribution >= 0.6 is 11.6 Å². The number of fused-ring (bicyclic) bond motifs is 1. The van der Waals surface area contributed by atoms with Crippen LogP contribution < -0.4 is 10.4 Å². The van der Waals surface area contributed by atoms with Gasteiger partial charge in [-0.25, -0.2) is 14.3 Å². The molecule has 5 nitrogen and oxygen atoms in total. The molecule has 0 amide bonds. The van der Waals surface area contributed by atoms with Crippen LogP contribution in [0.4, 0.5) is 0 Å². The maximum atomic E-state index is 12.9. The van der Waals surface area contributed by atoms with Crippen LogP contribution in [0.2, 0.25) is 5.15 Å². The molecule has 2 heterocycles. The van der Waals surface area contributed by atoms with Gasteiger partial charge in [0.1, 0.15) is 10.9 Å². The Morgan fingerprint density at radius 2 is 1.64 bits per heavy atom. The van der Waals surface area contributed by atoms with Crippen molar-refractivity contribution < 1.29 is 4.74 Å². The van der Waals surface area contributed by atoms with E-state index in [0.29, 0.717) is 16.8 Å². The number of hydrogen-bond acceptors (Lipinski definition) is 4. The molecule has 0 aliphatic heterocycles. The molecular formula is C22H26ClN3O2. The second-order valence-electron chi connectivity index (χ2n) is 7.28. The SMILES string of the molecule is CCC(CC)Oc1cc(C)nc2c1c(Cl)nc(=O)n2-c1c(C)cc(C)cc1C. The average Bonchev–Trinajstić information content (AvgIpc) is 2.60. The van der Waals surface area contributed by atoms with Crippen LogP contribution in [0, 0.1) is 27.7 Å². The highest BCUT2D eigenvalue weighted by atomic mass is 35.5. The number of hydrogen-bond donors (Lipinski definition) is 0. The third-order valence-corrected chi connectivity index (χ3v) is 5.23. The first-order valence-electron chi connectivity index (χ1n) is 9.61. The first-order chi connectivity index (χ1) is 13.3. The van der Waals surface area contributed by atoms with Crippen LogP contribution in [-0.4, -0.2) is 20.6 Å². The molecule has 0 aliphatic carbocycles. The monoisotopic (exact) mass is 399 g/mol.